The van der Waals surface area contributed by atoms with E-state index >= 15 is 0 Å². The highest BCUT2D eigenvalue weighted by Crippen LogP contribution is 2.27. The summed E-state index contributed by atoms with van der Waals surface area (Å²) in [5, 5.41) is 7.08. The fourth-order valence-corrected chi connectivity index (χ4v) is 3.13. The number of amides is 2. The van der Waals surface area contributed by atoms with Crippen molar-refractivity contribution in [2.45, 2.75) is 32.1 Å². The number of aryl methyl sites for hydroxylation is 1. The third-order valence-corrected chi connectivity index (χ3v) is 4.31. The summed E-state index contributed by atoms with van der Waals surface area (Å²) in [6, 6.07) is 0. The zero-order valence-electron chi connectivity index (χ0n) is 11.8. The molecule has 2 fully saturated rings. The van der Waals surface area contributed by atoms with Gasteiger partial charge in [0.2, 0.25) is 11.8 Å². The Kier molecular flexibility index (Phi) is 3.46. The van der Waals surface area contributed by atoms with E-state index in [4.69, 9.17) is 0 Å². The van der Waals surface area contributed by atoms with Gasteiger partial charge in [-0.15, -0.1) is 0 Å². The van der Waals surface area contributed by atoms with Crippen molar-refractivity contribution in [2.75, 3.05) is 26.2 Å². The van der Waals surface area contributed by atoms with Crippen molar-refractivity contribution in [3.05, 3.63) is 17.5 Å². The largest absolute Gasteiger partial charge is 0.340 e. The van der Waals surface area contributed by atoms with E-state index < -0.39 is 0 Å². The van der Waals surface area contributed by atoms with Crippen LogP contribution in [0.2, 0.25) is 0 Å². The molecule has 1 atom stereocenters. The molecule has 3 heterocycles. The molecule has 2 amide bonds. The van der Waals surface area contributed by atoms with Crippen LogP contribution in [0.4, 0.5) is 0 Å². The summed E-state index contributed by atoms with van der Waals surface area (Å²) < 4.78 is 0. The number of aromatic amines is 1. The van der Waals surface area contributed by atoms with Crippen LogP contribution in [0.3, 0.4) is 0 Å². The van der Waals surface area contributed by atoms with Crippen molar-refractivity contribution in [1.29, 1.82) is 0 Å². The second-order valence-corrected chi connectivity index (χ2v) is 5.71. The number of rotatable bonds is 3. The number of nitrogens with one attached hydrogen (secondary N) is 1. The van der Waals surface area contributed by atoms with Gasteiger partial charge in [0.05, 0.1) is 12.7 Å². The molecule has 2 aliphatic rings. The summed E-state index contributed by atoms with van der Waals surface area (Å²) in [4.78, 5) is 27.4. The van der Waals surface area contributed by atoms with Crippen molar-refractivity contribution in [2.24, 2.45) is 0 Å². The van der Waals surface area contributed by atoms with Gasteiger partial charge in [0.25, 0.3) is 0 Å². The molecule has 2 aliphatic heterocycles. The van der Waals surface area contributed by atoms with Gasteiger partial charge in [-0.25, -0.2) is 0 Å². The van der Waals surface area contributed by atoms with E-state index in [0.29, 0.717) is 12.3 Å². The Hall–Kier alpha value is -1.85. The first-order chi connectivity index (χ1) is 9.65. The Balaban J connectivity index is 1.58. The highest BCUT2D eigenvalue weighted by Gasteiger charge is 2.31. The van der Waals surface area contributed by atoms with Crippen LogP contribution in [0.1, 0.15) is 36.4 Å². The predicted molar refractivity (Wildman–Crippen MR) is 73.1 cm³/mol. The maximum Gasteiger partial charge on any atom is 0.242 e. The van der Waals surface area contributed by atoms with Crippen LogP contribution >= 0.6 is 0 Å². The normalized spacial score (nSPS) is 22.9. The van der Waals surface area contributed by atoms with Crippen LogP contribution in [0.5, 0.6) is 0 Å². The van der Waals surface area contributed by atoms with E-state index in [0.717, 1.165) is 43.7 Å². The van der Waals surface area contributed by atoms with Gasteiger partial charge in [-0.05, 0) is 25.3 Å². The van der Waals surface area contributed by atoms with E-state index in [1.54, 1.807) is 4.90 Å². The standard InChI is InChI=1S/C14H20N4O2/c1-10-7-15-16-14(10)11-4-6-18(8-11)13(20)9-17-5-2-3-12(17)19/h7,11H,2-6,8-9H2,1H3,(H,15,16). The third kappa shape index (κ3) is 2.42. The second kappa shape index (κ2) is 5.26. The van der Waals surface area contributed by atoms with Gasteiger partial charge in [0.1, 0.15) is 0 Å². The van der Waals surface area contributed by atoms with Gasteiger partial charge in [-0.3, -0.25) is 14.7 Å². The lowest BCUT2D eigenvalue weighted by Crippen LogP contribution is -2.39. The van der Waals surface area contributed by atoms with Crippen LogP contribution in [0, 0.1) is 6.92 Å². The van der Waals surface area contributed by atoms with Crippen molar-refractivity contribution in [3.8, 4) is 0 Å². The lowest BCUT2D eigenvalue weighted by molar-refractivity contribution is -0.137. The molecule has 0 aliphatic carbocycles. The molecule has 20 heavy (non-hydrogen) atoms. The van der Waals surface area contributed by atoms with Gasteiger partial charge in [-0.2, -0.15) is 5.10 Å². The van der Waals surface area contributed by atoms with Crippen molar-refractivity contribution in [1.82, 2.24) is 20.0 Å². The van der Waals surface area contributed by atoms with Crippen molar-refractivity contribution < 1.29 is 9.59 Å². The van der Waals surface area contributed by atoms with E-state index in [2.05, 4.69) is 10.2 Å². The van der Waals surface area contributed by atoms with Crippen LogP contribution in [-0.2, 0) is 9.59 Å². The summed E-state index contributed by atoms with van der Waals surface area (Å²) in [7, 11) is 0. The van der Waals surface area contributed by atoms with Crippen LogP contribution in [0.15, 0.2) is 6.20 Å². The zero-order valence-corrected chi connectivity index (χ0v) is 11.8. The van der Waals surface area contributed by atoms with E-state index in [1.807, 2.05) is 18.0 Å². The first kappa shape index (κ1) is 13.1. The number of carbonyl (C=O) groups excluding carboxylic acids is 2. The SMILES string of the molecule is Cc1cn[nH]c1C1CCN(C(=O)CN2CCCC2=O)C1. The molecule has 0 bridgehead atoms. The molecule has 0 saturated carbocycles. The number of likely N-dealkylation sites (tertiary alicyclic amines) is 2. The monoisotopic (exact) mass is 276 g/mol. The highest BCUT2D eigenvalue weighted by molar-refractivity contribution is 5.86. The first-order valence-electron chi connectivity index (χ1n) is 7.20. The molecule has 3 rings (SSSR count). The van der Waals surface area contributed by atoms with Gasteiger partial charge < -0.3 is 9.80 Å². The number of aromatic nitrogens is 2. The summed E-state index contributed by atoms with van der Waals surface area (Å²) in [6.45, 7) is 4.50. The molecule has 0 aromatic carbocycles. The van der Waals surface area contributed by atoms with Gasteiger partial charge >= 0.3 is 0 Å². The van der Waals surface area contributed by atoms with Crippen LogP contribution < -0.4 is 0 Å². The molecule has 0 radical (unpaired) electrons. The first-order valence-corrected chi connectivity index (χ1v) is 7.20. The molecular formula is C14H20N4O2. The Morgan fingerprint density at radius 2 is 2.35 bits per heavy atom. The lowest BCUT2D eigenvalue weighted by Gasteiger charge is -2.21. The Bertz CT molecular complexity index is 525. The Morgan fingerprint density at radius 1 is 1.50 bits per heavy atom. The molecule has 2 saturated heterocycles. The zero-order chi connectivity index (χ0) is 14.1. The Morgan fingerprint density at radius 3 is 3.00 bits per heavy atom. The average molecular weight is 276 g/mol. The molecule has 1 aromatic heterocycles. The number of hydrogen-bond donors (Lipinski definition) is 1. The maximum absolute atomic E-state index is 12.3. The molecule has 1 aromatic rings. The van der Waals surface area contributed by atoms with E-state index in [-0.39, 0.29) is 18.4 Å². The maximum atomic E-state index is 12.3. The minimum absolute atomic E-state index is 0.0694. The Labute approximate surface area is 118 Å². The molecule has 108 valence electrons. The number of nitrogens with zero attached hydrogens (tertiary/aromatic N) is 3. The number of hydrogen-bond acceptors (Lipinski definition) is 3. The summed E-state index contributed by atoms with van der Waals surface area (Å²) in [5.74, 6) is 0.522. The van der Waals surface area contributed by atoms with E-state index in [1.165, 1.54) is 0 Å². The number of carbonyl (C=O) groups is 2. The quantitative estimate of drug-likeness (QED) is 0.881. The summed E-state index contributed by atoms with van der Waals surface area (Å²) in [6.07, 6.45) is 4.25. The van der Waals surface area contributed by atoms with Gasteiger partial charge in [0.15, 0.2) is 0 Å². The molecule has 1 unspecified atom stereocenters. The minimum atomic E-state index is 0.0694. The van der Waals surface area contributed by atoms with Gasteiger partial charge in [0, 0.05) is 37.7 Å². The topological polar surface area (TPSA) is 69.3 Å². The predicted octanol–water partition coefficient (Wildman–Crippen LogP) is 0.656. The van der Waals surface area contributed by atoms with Crippen LogP contribution in [-0.4, -0.2) is 58.0 Å². The van der Waals surface area contributed by atoms with Crippen molar-refractivity contribution in [3.63, 3.8) is 0 Å². The van der Waals surface area contributed by atoms with Crippen molar-refractivity contribution >= 4 is 11.8 Å². The average Bonchev–Trinajstić information content (AvgIpc) is 3.11. The summed E-state index contributed by atoms with van der Waals surface area (Å²) in [5.41, 5.74) is 2.29. The smallest absolute Gasteiger partial charge is 0.242 e. The van der Waals surface area contributed by atoms with Gasteiger partial charge in [-0.1, -0.05) is 0 Å². The fraction of sp³-hybridized carbons (Fsp3) is 0.643. The highest BCUT2D eigenvalue weighted by atomic mass is 16.2. The third-order valence-electron chi connectivity index (χ3n) is 4.31. The van der Waals surface area contributed by atoms with E-state index in [9.17, 15) is 9.59 Å². The molecule has 0 spiro atoms. The fourth-order valence-electron chi connectivity index (χ4n) is 3.13. The molecule has 6 heteroatoms. The summed E-state index contributed by atoms with van der Waals surface area (Å²) >= 11 is 0. The van der Waals surface area contributed by atoms with Crippen LogP contribution in [0.25, 0.3) is 0 Å². The lowest BCUT2D eigenvalue weighted by atomic mass is 10.0. The molecule has 1 N–H and O–H groups in total. The molecular weight excluding hydrogens is 256 g/mol. The minimum Gasteiger partial charge on any atom is -0.340 e. The molecule has 6 nitrogen and oxygen atoms in total. The number of H-pyrrole nitrogens is 1. The second-order valence-electron chi connectivity index (χ2n) is 5.71.